The molecule has 2 unspecified atom stereocenters. The Bertz CT molecular complexity index is 384. The predicted molar refractivity (Wildman–Crippen MR) is 75.0 cm³/mol. The van der Waals surface area contributed by atoms with Gasteiger partial charge in [-0.2, -0.15) is 0 Å². The molecule has 1 aromatic rings. The van der Waals surface area contributed by atoms with Gasteiger partial charge in [-0.05, 0) is 24.9 Å². The summed E-state index contributed by atoms with van der Waals surface area (Å²) in [6.45, 7) is 5.59. The second kappa shape index (κ2) is 8.12. The standard InChI is InChI=1S/C15H24FNO2/c1-5-17-13(9-11(2)10-18-3)12-7-6-8-14(19-4)15(12)16/h6-8,11,13,17H,5,9-10H2,1-4H3. The number of hydrogen-bond acceptors (Lipinski definition) is 3. The highest BCUT2D eigenvalue weighted by atomic mass is 19.1. The van der Waals surface area contributed by atoms with Crippen molar-refractivity contribution in [3.63, 3.8) is 0 Å². The zero-order chi connectivity index (χ0) is 14.3. The molecule has 3 nitrogen and oxygen atoms in total. The number of nitrogens with one attached hydrogen (secondary N) is 1. The van der Waals surface area contributed by atoms with Gasteiger partial charge >= 0.3 is 0 Å². The quantitative estimate of drug-likeness (QED) is 0.786. The molecule has 0 saturated carbocycles. The van der Waals surface area contributed by atoms with E-state index in [4.69, 9.17) is 9.47 Å². The van der Waals surface area contributed by atoms with Crippen molar-refractivity contribution in [1.29, 1.82) is 0 Å². The van der Waals surface area contributed by atoms with E-state index in [-0.39, 0.29) is 11.9 Å². The van der Waals surface area contributed by atoms with Crippen LogP contribution in [-0.2, 0) is 4.74 Å². The third-order valence-corrected chi connectivity index (χ3v) is 3.13. The van der Waals surface area contributed by atoms with Crippen molar-refractivity contribution in [2.45, 2.75) is 26.3 Å². The fourth-order valence-corrected chi connectivity index (χ4v) is 2.28. The molecule has 0 aromatic heterocycles. The van der Waals surface area contributed by atoms with Crippen molar-refractivity contribution in [3.05, 3.63) is 29.6 Å². The number of methoxy groups -OCH3 is 2. The fourth-order valence-electron chi connectivity index (χ4n) is 2.28. The molecule has 0 fully saturated rings. The summed E-state index contributed by atoms with van der Waals surface area (Å²) in [5, 5.41) is 3.33. The van der Waals surface area contributed by atoms with Gasteiger partial charge in [-0.15, -0.1) is 0 Å². The predicted octanol–water partition coefficient (Wildman–Crippen LogP) is 3.16. The third kappa shape index (κ3) is 4.48. The van der Waals surface area contributed by atoms with Crippen LogP contribution in [-0.4, -0.2) is 27.4 Å². The highest BCUT2D eigenvalue weighted by Crippen LogP contribution is 2.28. The van der Waals surface area contributed by atoms with Gasteiger partial charge in [0.25, 0.3) is 0 Å². The molecular weight excluding hydrogens is 245 g/mol. The maximum Gasteiger partial charge on any atom is 0.169 e. The molecule has 19 heavy (non-hydrogen) atoms. The summed E-state index contributed by atoms with van der Waals surface area (Å²) in [4.78, 5) is 0. The van der Waals surface area contributed by atoms with E-state index in [0.717, 1.165) is 13.0 Å². The van der Waals surface area contributed by atoms with Crippen molar-refractivity contribution in [3.8, 4) is 5.75 Å². The smallest absolute Gasteiger partial charge is 0.169 e. The molecule has 2 atom stereocenters. The molecule has 108 valence electrons. The molecule has 0 spiro atoms. The lowest BCUT2D eigenvalue weighted by Crippen LogP contribution is -2.25. The van der Waals surface area contributed by atoms with Crippen LogP contribution in [0, 0.1) is 11.7 Å². The Morgan fingerprint density at radius 2 is 2.05 bits per heavy atom. The minimum Gasteiger partial charge on any atom is -0.494 e. The summed E-state index contributed by atoms with van der Waals surface area (Å²) in [6.07, 6.45) is 0.825. The van der Waals surface area contributed by atoms with Gasteiger partial charge in [0.15, 0.2) is 11.6 Å². The van der Waals surface area contributed by atoms with Crippen molar-refractivity contribution >= 4 is 0 Å². The van der Waals surface area contributed by atoms with Crippen LogP contribution in [0.1, 0.15) is 31.9 Å². The molecule has 0 aliphatic heterocycles. The van der Waals surface area contributed by atoms with Crippen molar-refractivity contribution < 1.29 is 13.9 Å². The molecule has 4 heteroatoms. The minimum absolute atomic E-state index is 0.0229. The molecule has 0 aliphatic carbocycles. The topological polar surface area (TPSA) is 30.5 Å². The number of benzene rings is 1. The molecule has 0 aliphatic rings. The van der Waals surface area contributed by atoms with Crippen LogP contribution in [0.4, 0.5) is 4.39 Å². The first-order chi connectivity index (χ1) is 9.13. The van der Waals surface area contributed by atoms with Gasteiger partial charge in [0.05, 0.1) is 7.11 Å². The van der Waals surface area contributed by atoms with Gasteiger partial charge in [0.1, 0.15) is 0 Å². The van der Waals surface area contributed by atoms with E-state index in [1.807, 2.05) is 19.1 Å². The van der Waals surface area contributed by atoms with E-state index < -0.39 is 0 Å². The molecule has 0 bridgehead atoms. The number of hydrogen-bond donors (Lipinski definition) is 1. The van der Waals surface area contributed by atoms with E-state index in [1.165, 1.54) is 7.11 Å². The Morgan fingerprint density at radius 1 is 1.32 bits per heavy atom. The van der Waals surface area contributed by atoms with Crippen molar-refractivity contribution in [1.82, 2.24) is 5.32 Å². The molecule has 0 amide bonds. The van der Waals surface area contributed by atoms with Crippen LogP contribution in [0.2, 0.25) is 0 Å². The van der Waals surface area contributed by atoms with Gasteiger partial charge in [-0.25, -0.2) is 4.39 Å². The number of rotatable bonds is 8. The average Bonchev–Trinajstić information content (AvgIpc) is 2.39. The van der Waals surface area contributed by atoms with Crippen LogP contribution in [0.3, 0.4) is 0 Å². The molecule has 1 aromatic carbocycles. The van der Waals surface area contributed by atoms with E-state index >= 15 is 0 Å². The summed E-state index contributed by atoms with van der Waals surface area (Å²) >= 11 is 0. The van der Waals surface area contributed by atoms with E-state index in [2.05, 4.69) is 12.2 Å². The summed E-state index contributed by atoms with van der Waals surface area (Å²) in [6, 6.07) is 5.25. The lowest BCUT2D eigenvalue weighted by molar-refractivity contribution is 0.149. The summed E-state index contributed by atoms with van der Waals surface area (Å²) in [5.74, 6) is 0.375. The molecule has 0 radical (unpaired) electrons. The molecule has 0 saturated heterocycles. The van der Waals surface area contributed by atoms with E-state index in [0.29, 0.717) is 23.8 Å². The summed E-state index contributed by atoms with van der Waals surface area (Å²) in [5.41, 5.74) is 0.657. The van der Waals surface area contributed by atoms with E-state index in [9.17, 15) is 4.39 Å². The van der Waals surface area contributed by atoms with Crippen LogP contribution >= 0.6 is 0 Å². The van der Waals surface area contributed by atoms with Crippen LogP contribution in [0.15, 0.2) is 18.2 Å². The Labute approximate surface area is 115 Å². The molecule has 1 rings (SSSR count). The monoisotopic (exact) mass is 269 g/mol. The normalized spacial score (nSPS) is 14.2. The average molecular weight is 269 g/mol. The Hall–Kier alpha value is -1.13. The Morgan fingerprint density at radius 3 is 2.63 bits per heavy atom. The lowest BCUT2D eigenvalue weighted by atomic mass is 9.95. The first-order valence-corrected chi connectivity index (χ1v) is 6.68. The van der Waals surface area contributed by atoms with Gasteiger partial charge in [-0.3, -0.25) is 0 Å². The van der Waals surface area contributed by atoms with Crippen molar-refractivity contribution in [2.75, 3.05) is 27.4 Å². The maximum absolute atomic E-state index is 14.3. The SMILES string of the molecule is CCNC(CC(C)COC)c1cccc(OC)c1F. The van der Waals surface area contributed by atoms with Crippen LogP contribution < -0.4 is 10.1 Å². The highest BCUT2D eigenvalue weighted by Gasteiger charge is 2.20. The van der Waals surface area contributed by atoms with Gasteiger partial charge in [-0.1, -0.05) is 26.0 Å². The Kier molecular flexibility index (Phi) is 6.81. The van der Waals surface area contributed by atoms with Gasteiger partial charge in [0.2, 0.25) is 0 Å². The largest absolute Gasteiger partial charge is 0.494 e. The highest BCUT2D eigenvalue weighted by molar-refractivity contribution is 5.33. The zero-order valence-corrected chi connectivity index (χ0v) is 12.2. The minimum atomic E-state index is -0.277. The summed E-state index contributed by atoms with van der Waals surface area (Å²) in [7, 11) is 3.17. The number of ether oxygens (including phenoxy) is 2. The Balaban J connectivity index is 2.92. The first-order valence-electron chi connectivity index (χ1n) is 6.68. The second-order valence-electron chi connectivity index (χ2n) is 4.77. The number of halogens is 1. The van der Waals surface area contributed by atoms with E-state index in [1.54, 1.807) is 13.2 Å². The van der Waals surface area contributed by atoms with Crippen molar-refractivity contribution in [2.24, 2.45) is 5.92 Å². The summed E-state index contributed by atoms with van der Waals surface area (Å²) < 4.78 is 24.5. The fraction of sp³-hybridized carbons (Fsp3) is 0.600. The van der Waals surface area contributed by atoms with Gasteiger partial charge < -0.3 is 14.8 Å². The van der Waals surface area contributed by atoms with Gasteiger partial charge in [0, 0.05) is 25.3 Å². The third-order valence-electron chi connectivity index (χ3n) is 3.13. The lowest BCUT2D eigenvalue weighted by Gasteiger charge is -2.23. The second-order valence-corrected chi connectivity index (χ2v) is 4.77. The van der Waals surface area contributed by atoms with Crippen LogP contribution in [0.5, 0.6) is 5.75 Å². The molecule has 0 heterocycles. The first kappa shape index (κ1) is 15.9. The van der Waals surface area contributed by atoms with Crippen LogP contribution in [0.25, 0.3) is 0 Å². The zero-order valence-electron chi connectivity index (χ0n) is 12.2. The maximum atomic E-state index is 14.3. The molecule has 1 N–H and O–H groups in total. The molecular formula is C15H24FNO2.